The van der Waals surface area contributed by atoms with Gasteiger partial charge in [0.1, 0.15) is 0 Å². The molecule has 1 fully saturated rings. The third-order valence-electron chi connectivity index (χ3n) is 2.61. The molecule has 0 aromatic carbocycles. The Balaban J connectivity index is 2.30. The van der Waals surface area contributed by atoms with Crippen LogP contribution >= 0.6 is 0 Å². The second-order valence-electron chi connectivity index (χ2n) is 3.53. The van der Waals surface area contributed by atoms with Crippen molar-refractivity contribution in [1.82, 2.24) is 4.90 Å². The molecule has 2 nitrogen and oxygen atoms in total. The van der Waals surface area contributed by atoms with Crippen LogP contribution in [0.2, 0.25) is 0 Å². The van der Waals surface area contributed by atoms with E-state index in [1.807, 2.05) is 0 Å². The van der Waals surface area contributed by atoms with E-state index in [1.165, 1.54) is 38.8 Å². The zero-order valence-electron chi connectivity index (χ0n) is 7.55. The predicted octanol–water partition coefficient (Wildman–Crippen LogP) is 1.21. The molecule has 0 bridgehead atoms. The molecule has 1 rings (SSSR count). The Kier molecular flexibility index (Phi) is 3.87. The van der Waals surface area contributed by atoms with E-state index in [2.05, 4.69) is 11.8 Å². The second-order valence-corrected chi connectivity index (χ2v) is 3.53. The Morgan fingerprint density at radius 3 is 2.18 bits per heavy atom. The van der Waals surface area contributed by atoms with E-state index in [1.54, 1.807) is 0 Å². The Morgan fingerprint density at radius 2 is 1.73 bits per heavy atom. The number of rotatable bonds is 2. The summed E-state index contributed by atoms with van der Waals surface area (Å²) in [5.74, 6) is 0. The molecule has 0 saturated carbocycles. The highest BCUT2D eigenvalue weighted by atomic mass is 15.2. The van der Waals surface area contributed by atoms with Crippen molar-refractivity contribution in [2.75, 3.05) is 19.6 Å². The van der Waals surface area contributed by atoms with Crippen molar-refractivity contribution in [2.24, 2.45) is 5.73 Å². The first-order valence-electron chi connectivity index (χ1n) is 4.78. The molecule has 0 radical (unpaired) electrons. The smallest absolute Gasteiger partial charge is 0.0190 e. The van der Waals surface area contributed by atoms with Gasteiger partial charge < -0.3 is 5.73 Å². The molecule has 2 N–H and O–H groups in total. The van der Waals surface area contributed by atoms with E-state index in [4.69, 9.17) is 5.73 Å². The van der Waals surface area contributed by atoms with Crippen LogP contribution in [0.4, 0.5) is 0 Å². The molecule has 1 aliphatic heterocycles. The molecule has 0 aromatic heterocycles. The highest BCUT2D eigenvalue weighted by molar-refractivity contribution is 4.70. The van der Waals surface area contributed by atoms with Crippen LogP contribution < -0.4 is 5.73 Å². The third-order valence-corrected chi connectivity index (χ3v) is 2.61. The highest BCUT2D eigenvalue weighted by Crippen LogP contribution is 2.11. The lowest BCUT2D eigenvalue weighted by Crippen LogP contribution is -2.38. The van der Waals surface area contributed by atoms with Crippen molar-refractivity contribution in [3.63, 3.8) is 0 Å². The lowest BCUT2D eigenvalue weighted by atomic mass is 10.2. The molecule has 11 heavy (non-hydrogen) atoms. The zero-order valence-corrected chi connectivity index (χ0v) is 7.55. The molecule has 1 saturated heterocycles. The molecule has 0 aliphatic carbocycles. The van der Waals surface area contributed by atoms with Gasteiger partial charge in [-0.05, 0) is 32.9 Å². The summed E-state index contributed by atoms with van der Waals surface area (Å²) >= 11 is 0. The predicted molar refractivity (Wildman–Crippen MR) is 48.6 cm³/mol. The van der Waals surface area contributed by atoms with Crippen LogP contribution in [-0.4, -0.2) is 30.6 Å². The van der Waals surface area contributed by atoms with E-state index < -0.39 is 0 Å². The normalized spacial score (nSPS) is 24.5. The molecule has 1 heterocycles. The number of nitrogens with zero attached hydrogens (tertiary/aromatic N) is 1. The van der Waals surface area contributed by atoms with Gasteiger partial charge >= 0.3 is 0 Å². The van der Waals surface area contributed by atoms with Gasteiger partial charge in [-0.1, -0.05) is 12.8 Å². The zero-order chi connectivity index (χ0) is 8.10. The largest absolute Gasteiger partial charge is 0.329 e. The minimum atomic E-state index is 0.591. The second kappa shape index (κ2) is 4.73. The van der Waals surface area contributed by atoms with Gasteiger partial charge in [0, 0.05) is 12.6 Å². The van der Waals surface area contributed by atoms with Gasteiger partial charge in [-0.25, -0.2) is 0 Å². The van der Waals surface area contributed by atoms with Crippen LogP contribution in [0.1, 0.15) is 32.6 Å². The molecule has 0 aromatic rings. The van der Waals surface area contributed by atoms with E-state index in [0.29, 0.717) is 6.04 Å². The lowest BCUT2D eigenvalue weighted by molar-refractivity contribution is 0.222. The number of nitrogens with two attached hydrogens (primary N) is 1. The van der Waals surface area contributed by atoms with E-state index in [-0.39, 0.29) is 0 Å². The fraction of sp³-hybridized carbons (Fsp3) is 1.00. The maximum Gasteiger partial charge on any atom is 0.0190 e. The average Bonchev–Trinajstić information content (AvgIpc) is 2.30. The SMILES string of the molecule is C[C@H](CN)N1CCCCCC1. The molecule has 2 heteroatoms. The van der Waals surface area contributed by atoms with Crippen LogP contribution in [-0.2, 0) is 0 Å². The number of likely N-dealkylation sites (tertiary alicyclic amines) is 1. The van der Waals surface area contributed by atoms with Crippen molar-refractivity contribution in [1.29, 1.82) is 0 Å². The third kappa shape index (κ3) is 2.80. The topological polar surface area (TPSA) is 29.3 Å². The number of hydrogen-bond donors (Lipinski definition) is 1. The molecular formula is C9H20N2. The summed E-state index contributed by atoms with van der Waals surface area (Å²) in [4.78, 5) is 2.52. The van der Waals surface area contributed by atoms with Crippen LogP contribution in [0.5, 0.6) is 0 Å². The standard InChI is InChI=1S/C9H20N2/c1-9(8-10)11-6-4-2-3-5-7-11/h9H,2-8,10H2,1H3/t9-/m1/s1. The van der Waals surface area contributed by atoms with Gasteiger partial charge in [0.25, 0.3) is 0 Å². The average molecular weight is 156 g/mol. The summed E-state index contributed by atoms with van der Waals surface area (Å²) in [6.45, 7) is 5.56. The summed E-state index contributed by atoms with van der Waals surface area (Å²) in [5, 5.41) is 0. The first-order valence-corrected chi connectivity index (χ1v) is 4.78. The van der Waals surface area contributed by atoms with Crippen molar-refractivity contribution in [2.45, 2.75) is 38.6 Å². The quantitative estimate of drug-likeness (QED) is 0.651. The van der Waals surface area contributed by atoms with Crippen LogP contribution in [0, 0.1) is 0 Å². The first kappa shape index (κ1) is 9.01. The molecule has 0 unspecified atom stereocenters. The highest BCUT2D eigenvalue weighted by Gasteiger charge is 2.13. The Morgan fingerprint density at radius 1 is 1.18 bits per heavy atom. The number of hydrogen-bond acceptors (Lipinski definition) is 2. The van der Waals surface area contributed by atoms with Gasteiger partial charge in [-0.3, -0.25) is 4.90 Å². The van der Waals surface area contributed by atoms with Gasteiger partial charge in [0.2, 0.25) is 0 Å². The van der Waals surface area contributed by atoms with Crippen LogP contribution in [0.25, 0.3) is 0 Å². The van der Waals surface area contributed by atoms with Crippen molar-refractivity contribution >= 4 is 0 Å². The summed E-state index contributed by atoms with van der Waals surface area (Å²) in [5.41, 5.74) is 5.61. The summed E-state index contributed by atoms with van der Waals surface area (Å²) < 4.78 is 0. The minimum absolute atomic E-state index is 0.591. The van der Waals surface area contributed by atoms with Crippen molar-refractivity contribution < 1.29 is 0 Å². The maximum atomic E-state index is 5.61. The maximum absolute atomic E-state index is 5.61. The van der Waals surface area contributed by atoms with Crippen molar-refractivity contribution in [3.05, 3.63) is 0 Å². The molecule has 66 valence electrons. The van der Waals surface area contributed by atoms with Crippen LogP contribution in [0.3, 0.4) is 0 Å². The van der Waals surface area contributed by atoms with Crippen LogP contribution in [0.15, 0.2) is 0 Å². The Labute approximate surface area is 69.8 Å². The Hall–Kier alpha value is -0.0800. The van der Waals surface area contributed by atoms with Gasteiger partial charge in [0.05, 0.1) is 0 Å². The molecule has 1 aliphatic rings. The monoisotopic (exact) mass is 156 g/mol. The fourth-order valence-corrected chi connectivity index (χ4v) is 1.68. The minimum Gasteiger partial charge on any atom is -0.329 e. The summed E-state index contributed by atoms with van der Waals surface area (Å²) in [6.07, 6.45) is 5.55. The van der Waals surface area contributed by atoms with Gasteiger partial charge in [-0.2, -0.15) is 0 Å². The van der Waals surface area contributed by atoms with Gasteiger partial charge in [-0.15, -0.1) is 0 Å². The summed E-state index contributed by atoms with van der Waals surface area (Å²) in [7, 11) is 0. The van der Waals surface area contributed by atoms with Gasteiger partial charge in [0.15, 0.2) is 0 Å². The Bertz CT molecular complexity index is 95.7. The summed E-state index contributed by atoms with van der Waals surface area (Å²) in [6, 6.07) is 0.591. The lowest BCUT2D eigenvalue weighted by Gasteiger charge is -2.26. The van der Waals surface area contributed by atoms with Crippen molar-refractivity contribution in [3.8, 4) is 0 Å². The fourth-order valence-electron chi connectivity index (χ4n) is 1.68. The first-order chi connectivity index (χ1) is 5.34. The molecular weight excluding hydrogens is 136 g/mol. The van der Waals surface area contributed by atoms with E-state index in [0.717, 1.165) is 6.54 Å². The molecule has 0 spiro atoms. The van der Waals surface area contributed by atoms with E-state index in [9.17, 15) is 0 Å². The molecule has 0 amide bonds. The van der Waals surface area contributed by atoms with E-state index >= 15 is 0 Å². The molecule has 1 atom stereocenters.